The van der Waals surface area contributed by atoms with Gasteiger partial charge < -0.3 is 15.7 Å². The number of aliphatic hydroxyl groups excluding tert-OH is 1. The molecule has 0 saturated carbocycles. The summed E-state index contributed by atoms with van der Waals surface area (Å²) in [5.74, 6) is 0.584. The van der Waals surface area contributed by atoms with Crippen LogP contribution in [0.15, 0.2) is 0 Å². The Hall–Kier alpha value is -0.610. The third-order valence-corrected chi connectivity index (χ3v) is 3.82. The molecule has 0 radical (unpaired) electrons. The monoisotopic (exact) mass is 300 g/mol. The number of nitrogens with two attached hydrogens (primary N) is 1. The first kappa shape index (κ1) is 20.4. The second-order valence-electron chi connectivity index (χ2n) is 6.38. The second kappa shape index (κ2) is 13.1. The second-order valence-corrected chi connectivity index (χ2v) is 6.38. The number of carbonyl (C=O) groups is 1. The molecule has 0 aromatic rings. The Kier molecular flexibility index (Phi) is 12.7. The van der Waals surface area contributed by atoms with Gasteiger partial charge in [-0.25, -0.2) is 0 Å². The lowest BCUT2D eigenvalue weighted by molar-refractivity contribution is -0.136. The molecule has 4 heteroatoms. The largest absolute Gasteiger partial charge is 0.396 e. The summed E-state index contributed by atoms with van der Waals surface area (Å²) in [6.45, 7) is 8.46. The SMILES string of the molecule is CCCCCCCN(CCCO)C(=O)C(CN)CC(C)C. The third-order valence-electron chi connectivity index (χ3n) is 3.82. The fraction of sp³-hybridized carbons (Fsp3) is 0.941. The molecule has 0 fully saturated rings. The lowest BCUT2D eigenvalue weighted by Gasteiger charge is -2.27. The highest BCUT2D eigenvalue weighted by molar-refractivity contribution is 5.79. The minimum atomic E-state index is -0.0701. The van der Waals surface area contributed by atoms with Crippen LogP contribution >= 0.6 is 0 Å². The number of rotatable bonds is 13. The smallest absolute Gasteiger partial charge is 0.226 e. The van der Waals surface area contributed by atoms with Gasteiger partial charge in [-0.1, -0.05) is 46.5 Å². The maximum Gasteiger partial charge on any atom is 0.226 e. The van der Waals surface area contributed by atoms with Crippen molar-refractivity contribution < 1.29 is 9.90 Å². The maximum atomic E-state index is 12.6. The van der Waals surface area contributed by atoms with Gasteiger partial charge in [0.05, 0.1) is 5.92 Å². The fourth-order valence-corrected chi connectivity index (χ4v) is 2.63. The van der Waals surface area contributed by atoms with Crippen molar-refractivity contribution in [2.75, 3.05) is 26.2 Å². The molecule has 3 N–H and O–H groups in total. The van der Waals surface area contributed by atoms with Crippen molar-refractivity contribution in [3.8, 4) is 0 Å². The summed E-state index contributed by atoms with van der Waals surface area (Å²) in [7, 11) is 0. The number of nitrogens with zero attached hydrogens (tertiary/aromatic N) is 1. The molecule has 0 aliphatic carbocycles. The Morgan fingerprint density at radius 2 is 1.71 bits per heavy atom. The molecule has 0 heterocycles. The minimum Gasteiger partial charge on any atom is -0.396 e. The van der Waals surface area contributed by atoms with Gasteiger partial charge in [0.2, 0.25) is 5.91 Å². The van der Waals surface area contributed by atoms with E-state index in [1.54, 1.807) is 0 Å². The molecule has 1 unspecified atom stereocenters. The molecule has 1 amide bonds. The summed E-state index contributed by atoms with van der Waals surface area (Å²) >= 11 is 0. The summed E-state index contributed by atoms with van der Waals surface area (Å²) in [5.41, 5.74) is 5.79. The van der Waals surface area contributed by atoms with Gasteiger partial charge >= 0.3 is 0 Å². The van der Waals surface area contributed by atoms with Crippen LogP contribution in [0.1, 0.15) is 65.7 Å². The first-order valence-electron chi connectivity index (χ1n) is 8.66. The molecule has 0 bridgehead atoms. The zero-order chi connectivity index (χ0) is 16.1. The molecule has 0 aliphatic heterocycles. The molecule has 1 atom stereocenters. The number of hydrogen-bond donors (Lipinski definition) is 2. The lowest BCUT2D eigenvalue weighted by Crippen LogP contribution is -2.41. The van der Waals surface area contributed by atoms with E-state index in [1.807, 2.05) is 4.90 Å². The molecule has 126 valence electrons. The lowest BCUT2D eigenvalue weighted by atomic mass is 9.95. The number of unbranched alkanes of at least 4 members (excludes halogenated alkanes) is 4. The van der Waals surface area contributed by atoms with E-state index in [2.05, 4.69) is 20.8 Å². The van der Waals surface area contributed by atoms with Gasteiger partial charge in [-0.15, -0.1) is 0 Å². The molecule has 0 saturated heterocycles. The highest BCUT2D eigenvalue weighted by atomic mass is 16.3. The predicted octanol–water partition coefficient (Wildman–Crippen LogP) is 2.79. The fourth-order valence-electron chi connectivity index (χ4n) is 2.63. The third kappa shape index (κ3) is 9.86. The highest BCUT2D eigenvalue weighted by Gasteiger charge is 2.23. The number of aliphatic hydroxyl groups is 1. The van der Waals surface area contributed by atoms with Crippen LogP contribution in [0, 0.1) is 11.8 Å². The zero-order valence-corrected chi connectivity index (χ0v) is 14.3. The summed E-state index contributed by atoms with van der Waals surface area (Å²) in [6.07, 6.45) is 7.47. The van der Waals surface area contributed by atoms with Crippen LogP contribution in [0.25, 0.3) is 0 Å². The Morgan fingerprint density at radius 1 is 1.10 bits per heavy atom. The highest BCUT2D eigenvalue weighted by Crippen LogP contribution is 2.15. The molecule has 0 spiro atoms. The average Bonchev–Trinajstić information content (AvgIpc) is 2.46. The number of carbonyl (C=O) groups excluding carboxylic acids is 1. The van der Waals surface area contributed by atoms with Crippen molar-refractivity contribution in [3.05, 3.63) is 0 Å². The molecular weight excluding hydrogens is 264 g/mol. The van der Waals surface area contributed by atoms with Crippen molar-refractivity contribution in [1.82, 2.24) is 4.90 Å². The standard InChI is InChI=1S/C17H36N2O2/c1-4-5-6-7-8-10-19(11-9-12-20)17(21)16(14-18)13-15(2)3/h15-16,20H,4-14,18H2,1-3H3. The van der Waals surface area contributed by atoms with E-state index in [0.29, 0.717) is 25.4 Å². The van der Waals surface area contributed by atoms with E-state index in [9.17, 15) is 4.79 Å². The molecule has 0 aromatic heterocycles. The van der Waals surface area contributed by atoms with Gasteiger partial charge in [-0.3, -0.25) is 4.79 Å². The van der Waals surface area contributed by atoms with E-state index in [0.717, 1.165) is 19.4 Å². The van der Waals surface area contributed by atoms with Gasteiger partial charge in [-0.2, -0.15) is 0 Å². The van der Waals surface area contributed by atoms with Crippen molar-refractivity contribution in [2.45, 2.75) is 65.7 Å². The van der Waals surface area contributed by atoms with Crippen LogP contribution in [0.3, 0.4) is 0 Å². The Labute approximate surface area is 131 Å². The number of hydrogen-bond acceptors (Lipinski definition) is 3. The van der Waals surface area contributed by atoms with Gasteiger partial charge in [0.1, 0.15) is 0 Å². The molecule has 0 rings (SSSR count). The zero-order valence-electron chi connectivity index (χ0n) is 14.3. The summed E-state index contributed by atoms with van der Waals surface area (Å²) < 4.78 is 0. The summed E-state index contributed by atoms with van der Waals surface area (Å²) in [5, 5.41) is 9.02. The van der Waals surface area contributed by atoms with Crippen LogP contribution in [0.5, 0.6) is 0 Å². The maximum absolute atomic E-state index is 12.6. The Morgan fingerprint density at radius 3 is 2.24 bits per heavy atom. The van der Waals surface area contributed by atoms with Crippen molar-refractivity contribution in [3.63, 3.8) is 0 Å². The van der Waals surface area contributed by atoms with E-state index < -0.39 is 0 Å². The van der Waals surface area contributed by atoms with Gasteiger partial charge in [0.15, 0.2) is 0 Å². The first-order chi connectivity index (χ1) is 10.1. The van der Waals surface area contributed by atoms with E-state index in [4.69, 9.17) is 10.8 Å². The first-order valence-corrected chi connectivity index (χ1v) is 8.66. The van der Waals surface area contributed by atoms with E-state index in [1.165, 1.54) is 25.7 Å². The van der Waals surface area contributed by atoms with Crippen molar-refractivity contribution in [1.29, 1.82) is 0 Å². The van der Waals surface area contributed by atoms with Gasteiger partial charge in [0.25, 0.3) is 0 Å². The molecule has 0 aromatic carbocycles. The van der Waals surface area contributed by atoms with Crippen LogP contribution in [-0.2, 0) is 4.79 Å². The molecule has 21 heavy (non-hydrogen) atoms. The minimum absolute atomic E-state index is 0.0701. The van der Waals surface area contributed by atoms with E-state index >= 15 is 0 Å². The molecule has 0 aliphatic rings. The van der Waals surface area contributed by atoms with Crippen LogP contribution < -0.4 is 5.73 Å². The van der Waals surface area contributed by atoms with E-state index in [-0.39, 0.29) is 18.4 Å². The van der Waals surface area contributed by atoms with Crippen molar-refractivity contribution in [2.24, 2.45) is 17.6 Å². The van der Waals surface area contributed by atoms with Crippen LogP contribution in [-0.4, -0.2) is 42.2 Å². The topological polar surface area (TPSA) is 66.6 Å². The summed E-state index contributed by atoms with van der Waals surface area (Å²) in [6, 6.07) is 0. The normalized spacial score (nSPS) is 12.7. The predicted molar refractivity (Wildman–Crippen MR) is 89.0 cm³/mol. The Bertz CT molecular complexity index is 257. The Balaban J connectivity index is 4.37. The van der Waals surface area contributed by atoms with Gasteiger partial charge in [0, 0.05) is 26.2 Å². The quantitative estimate of drug-likeness (QED) is 0.514. The van der Waals surface area contributed by atoms with Crippen LogP contribution in [0.4, 0.5) is 0 Å². The average molecular weight is 300 g/mol. The number of amides is 1. The molecule has 4 nitrogen and oxygen atoms in total. The van der Waals surface area contributed by atoms with Crippen molar-refractivity contribution >= 4 is 5.91 Å². The van der Waals surface area contributed by atoms with Crippen LogP contribution in [0.2, 0.25) is 0 Å². The van der Waals surface area contributed by atoms with Gasteiger partial charge in [-0.05, 0) is 25.2 Å². The molecular formula is C17H36N2O2. The summed E-state index contributed by atoms with van der Waals surface area (Å²) in [4.78, 5) is 14.5.